The number of hydrogen-bond donors (Lipinski definition) is 1. The lowest BCUT2D eigenvalue weighted by Gasteiger charge is -2.29. The minimum absolute atomic E-state index is 0.179. The molecule has 1 saturated heterocycles. The van der Waals surface area contributed by atoms with Crippen LogP contribution in [0, 0.1) is 5.92 Å². The van der Waals surface area contributed by atoms with E-state index in [4.69, 9.17) is 9.47 Å². The summed E-state index contributed by atoms with van der Waals surface area (Å²) >= 11 is 1.18. The zero-order valence-corrected chi connectivity index (χ0v) is 18.5. The van der Waals surface area contributed by atoms with E-state index in [0.717, 1.165) is 11.3 Å². The Balaban J connectivity index is 1.24. The van der Waals surface area contributed by atoms with Crippen LogP contribution in [0.25, 0.3) is 0 Å². The van der Waals surface area contributed by atoms with Crippen molar-refractivity contribution in [2.45, 2.75) is 29.5 Å². The molecule has 0 radical (unpaired) electrons. The summed E-state index contributed by atoms with van der Waals surface area (Å²) in [5.41, 5.74) is 0.910. The van der Waals surface area contributed by atoms with Crippen molar-refractivity contribution in [1.29, 1.82) is 0 Å². The number of ether oxygens (including phenoxy) is 2. The summed E-state index contributed by atoms with van der Waals surface area (Å²) in [6, 6.07) is 10.6. The summed E-state index contributed by atoms with van der Waals surface area (Å²) in [6.07, 6.45) is 1.39. The van der Waals surface area contributed by atoms with Gasteiger partial charge in [-0.05, 0) is 30.4 Å². The molecule has 2 aliphatic heterocycles. The molecule has 0 aliphatic carbocycles. The van der Waals surface area contributed by atoms with Crippen molar-refractivity contribution < 1.29 is 27.5 Å². The van der Waals surface area contributed by atoms with Gasteiger partial charge in [-0.2, -0.15) is 4.31 Å². The third-order valence-corrected chi connectivity index (χ3v) is 8.79. The first-order valence-corrected chi connectivity index (χ1v) is 12.5. The molecule has 2 aromatic rings. The second kappa shape index (κ2) is 9.37. The van der Waals surface area contributed by atoms with Crippen LogP contribution >= 0.6 is 11.3 Å². The van der Waals surface area contributed by atoms with Crippen LogP contribution in [-0.2, 0) is 24.3 Å². The third-order valence-electron chi connectivity index (χ3n) is 5.52. The third kappa shape index (κ3) is 4.91. The number of nitrogens with zero attached hydrogens (tertiary/aromatic N) is 1. The van der Waals surface area contributed by atoms with Crippen molar-refractivity contribution in [2.24, 2.45) is 5.92 Å². The van der Waals surface area contributed by atoms with Crippen molar-refractivity contribution in [3.05, 3.63) is 47.3 Å². The molecule has 0 bridgehead atoms. The number of rotatable bonds is 6. The maximum Gasteiger partial charge on any atom is 0.309 e. The molecule has 1 aromatic heterocycles. The summed E-state index contributed by atoms with van der Waals surface area (Å²) in [7, 11) is -3.51. The fraction of sp³-hybridized carbons (Fsp3) is 0.429. The SMILES string of the molecule is O=C(COC(=O)C1CCN(S(=O)(=O)c2cccs2)CC1)NC1CCOc2ccccc21. The Morgan fingerprint density at radius 3 is 2.65 bits per heavy atom. The van der Waals surface area contributed by atoms with E-state index in [1.54, 1.807) is 17.5 Å². The van der Waals surface area contributed by atoms with E-state index in [-0.39, 0.29) is 31.6 Å². The number of hydrogen-bond acceptors (Lipinski definition) is 7. The zero-order chi connectivity index (χ0) is 21.8. The minimum atomic E-state index is -3.51. The van der Waals surface area contributed by atoms with Crippen molar-refractivity contribution in [2.75, 3.05) is 26.3 Å². The largest absolute Gasteiger partial charge is 0.493 e. The van der Waals surface area contributed by atoms with Gasteiger partial charge in [0, 0.05) is 25.1 Å². The molecule has 2 aliphatic rings. The van der Waals surface area contributed by atoms with E-state index >= 15 is 0 Å². The van der Waals surface area contributed by atoms with Crippen molar-refractivity contribution in [3.8, 4) is 5.75 Å². The van der Waals surface area contributed by atoms with Gasteiger partial charge in [-0.25, -0.2) is 8.42 Å². The first kappa shape index (κ1) is 21.8. The highest BCUT2D eigenvalue weighted by atomic mass is 32.2. The van der Waals surface area contributed by atoms with Crippen LogP contribution in [0.15, 0.2) is 46.0 Å². The Bertz CT molecular complexity index is 1030. The van der Waals surface area contributed by atoms with Crippen LogP contribution in [0.5, 0.6) is 5.75 Å². The molecule has 1 unspecified atom stereocenters. The highest BCUT2D eigenvalue weighted by molar-refractivity contribution is 7.91. The first-order chi connectivity index (χ1) is 14.9. The van der Waals surface area contributed by atoms with E-state index < -0.39 is 21.9 Å². The number of benzene rings is 1. The maximum absolute atomic E-state index is 12.6. The molecule has 3 heterocycles. The van der Waals surface area contributed by atoms with E-state index in [9.17, 15) is 18.0 Å². The Morgan fingerprint density at radius 1 is 1.13 bits per heavy atom. The molecule has 8 nitrogen and oxygen atoms in total. The molecule has 1 N–H and O–H groups in total. The summed E-state index contributed by atoms with van der Waals surface area (Å²) in [6.45, 7) is 0.664. The van der Waals surface area contributed by atoms with Crippen LogP contribution < -0.4 is 10.1 Å². The Kier molecular flexibility index (Phi) is 6.59. The lowest BCUT2D eigenvalue weighted by molar-refractivity contribution is -0.153. The maximum atomic E-state index is 12.6. The average molecular weight is 465 g/mol. The number of esters is 1. The zero-order valence-electron chi connectivity index (χ0n) is 16.9. The van der Waals surface area contributed by atoms with Crippen molar-refractivity contribution in [1.82, 2.24) is 9.62 Å². The van der Waals surface area contributed by atoms with Gasteiger partial charge in [-0.3, -0.25) is 9.59 Å². The molecule has 0 saturated carbocycles. The predicted molar refractivity (Wildman–Crippen MR) is 114 cm³/mol. The second-order valence-electron chi connectivity index (χ2n) is 7.51. The van der Waals surface area contributed by atoms with E-state index in [0.29, 0.717) is 30.1 Å². The number of amides is 1. The summed E-state index contributed by atoms with van der Waals surface area (Å²) < 4.78 is 37.7. The van der Waals surface area contributed by atoms with Gasteiger partial charge in [0.25, 0.3) is 15.9 Å². The van der Waals surface area contributed by atoms with Gasteiger partial charge < -0.3 is 14.8 Å². The molecule has 4 rings (SSSR count). The number of thiophene rings is 1. The normalized spacial score (nSPS) is 19.8. The van der Waals surface area contributed by atoms with Crippen molar-refractivity contribution >= 4 is 33.2 Å². The quantitative estimate of drug-likeness (QED) is 0.659. The van der Waals surface area contributed by atoms with Gasteiger partial charge in [-0.15, -0.1) is 11.3 Å². The molecule has 1 aromatic carbocycles. The summed E-state index contributed by atoms with van der Waals surface area (Å²) in [5, 5.41) is 4.62. The van der Waals surface area contributed by atoms with Gasteiger partial charge in [0.05, 0.1) is 18.6 Å². The summed E-state index contributed by atoms with van der Waals surface area (Å²) in [4.78, 5) is 24.7. The van der Waals surface area contributed by atoms with E-state index in [1.165, 1.54) is 15.6 Å². The van der Waals surface area contributed by atoms with E-state index in [1.807, 2.05) is 24.3 Å². The molecular weight excluding hydrogens is 440 g/mol. The van der Waals surface area contributed by atoms with Crippen LogP contribution in [0.2, 0.25) is 0 Å². The van der Waals surface area contributed by atoms with Crippen LogP contribution in [-0.4, -0.2) is 50.9 Å². The van der Waals surface area contributed by atoms with Gasteiger partial charge in [-0.1, -0.05) is 24.3 Å². The number of sulfonamides is 1. The van der Waals surface area contributed by atoms with Gasteiger partial charge in [0.1, 0.15) is 9.96 Å². The van der Waals surface area contributed by atoms with E-state index in [2.05, 4.69) is 5.32 Å². The van der Waals surface area contributed by atoms with Gasteiger partial charge >= 0.3 is 5.97 Å². The number of piperidine rings is 1. The second-order valence-corrected chi connectivity index (χ2v) is 10.6. The average Bonchev–Trinajstić information content (AvgIpc) is 3.34. The first-order valence-electron chi connectivity index (χ1n) is 10.2. The monoisotopic (exact) mass is 464 g/mol. The topological polar surface area (TPSA) is 102 Å². The Labute approximate surface area is 185 Å². The molecule has 1 atom stereocenters. The van der Waals surface area contributed by atoms with Crippen LogP contribution in [0.3, 0.4) is 0 Å². The fourth-order valence-electron chi connectivity index (χ4n) is 3.85. The number of nitrogens with one attached hydrogen (secondary N) is 1. The predicted octanol–water partition coefficient (Wildman–Crippen LogP) is 2.33. The van der Waals surface area contributed by atoms with Crippen molar-refractivity contribution in [3.63, 3.8) is 0 Å². The van der Waals surface area contributed by atoms with Crippen LogP contribution in [0.4, 0.5) is 0 Å². The lowest BCUT2D eigenvalue weighted by Crippen LogP contribution is -2.41. The number of carbonyl (C=O) groups is 2. The minimum Gasteiger partial charge on any atom is -0.493 e. The lowest BCUT2D eigenvalue weighted by atomic mass is 9.98. The smallest absolute Gasteiger partial charge is 0.309 e. The Hall–Kier alpha value is -2.43. The molecule has 1 fully saturated rings. The van der Waals surface area contributed by atoms with Gasteiger partial charge in [0.15, 0.2) is 6.61 Å². The molecule has 1 amide bonds. The number of carbonyl (C=O) groups excluding carboxylic acids is 2. The summed E-state index contributed by atoms with van der Waals surface area (Å²) in [5.74, 6) is -0.491. The molecule has 31 heavy (non-hydrogen) atoms. The van der Waals surface area contributed by atoms with Gasteiger partial charge in [0.2, 0.25) is 0 Å². The number of fused-ring (bicyclic) bond motifs is 1. The fourth-order valence-corrected chi connectivity index (χ4v) is 6.47. The highest BCUT2D eigenvalue weighted by Gasteiger charge is 2.33. The molecule has 10 heteroatoms. The molecular formula is C21H24N2O6S2. The molecule has 0 spiro atoms. The highest BCUT2D eigenvalue weighted by Crippen LogP contribution is 2.31. The Morgan fingerprint density at radius 2 is 1.90 bits per heavy atom. The standard InChI is InChI=1S/C21H24N2O6S2/c24-19(22-17-9-12-28-18-5-2-1-4-16(17)18)14-29-21(25)15-7-10-23(11-8-15)31(26,27)20-6-3-13-30-20/h1-6,13,15,17H,7-12,14H2,(H,22,24). The molecule has 166 valence electrons. The van der Waals surface area contributed by atoms with Crippen LogP contribution in [0.1, 0.15) is 30.9 Å². The number of para-hydroxylation sites is 1.